The van der Waals surface area contributed by atoms with E-state index in [-0.39, 0.29) is 0 Å². The number of hydrogen-bond acceptors (Lipinski definition) is 3. The molecule has 0 saturated carbocycles. The third-order valence-corrected chi connectivity index (χ3v) is 4.61. The summed E-state index contributed by atoms with van der Waals surface area (Å²) in [6.07, 6.45) is 6.24. The molecule has 0 radical (unpaired) electrons. The Kier molecular flexibility index (Phi) is 3.18. The Balaban J connectivity index is 1.42. The monoisotopic (exact) mass is 225 g/mol. The average molecular weight is 225 g/mol. The van der Waals surface area contributed by atoms with Crippen LogP contribution in [0.3, 0.4) is 0 Å². The van der Waals surface area contributed by atoms with E-state index in [0.717, 1.165) is 31.6 Å². The Morgan fingerprint density at radius 3 is 2.88 bits per heavy atom. The average Bonchev–Trinajstić information content (AvgIpc) is 3.01. The molecule has 0 aromatic rings. The van der Waals surface area contributed by atoms with E-state index in [1.807, 2.05) is 0 Å². The molecule has 0 spiro atoms. The number of fused-ring (bicyclic) bond motifs is 2. The molecule has 3 aliphatic rings. The molecule has 92 valence electrons. The topological polar surface area (TPSA) is 30.5 Å². The maximum atomic E-state index is 5.88. The van der Waals surface area contributed by atoms with Crippen LogP contribution in [0, 0.1) is 11.8 Å². The molecular formula is C13H23NO2. The van der Waals surface area contributed by atoms with Crippen molar-refractivity contribution in [2.45, 2.75) is 50.9 Å². The second-order valence-corrected chi connectivity index (χ2v) is 5.69. The first-order valence-electron chi connectivity index (χ1n) is 6.79. The van der Waals surface area contributed by atoms with Gasteiger partial charge in [0.05, 0.1) is 18.8 Å². The molecule has 0 aliphatic carbocycles. The Hall–Kier alpha value is -0.120. The Bertz CT molecular complexity index is 240. The van der Waals surface area contributed by atoms with Gasteiger partial charge in [-0.15, -0.1) is 0 Å². The van der Waals surface area contributed by atoms with Gasteiger partial charge < -0.3 is 14.8 Å². The molecule has 1 N–H and O–H groups in total. The second-order valence-electron chi connectivity index (χ2n) is 5.69. The summed E-state index contributed by atoms with van der Waals surface area (Å²) >= 11 is 0. The lowest BCUT2D eigenvalue weighted by Crippen LogP contribution is -2.39. The molecule has 5 unspecified atom stereocenters. The number of nitrogens with one attached hydrogen (secondary N) is 1. The lowest BCUT2D eigenvalue weighted by molar-refractivity contribution is 0.0915. The first-order chi connectivity index (χ1) is 7.83. The van der Waals surface area contributed by atoms with Crippen molar-refractivity contribution >= 4 is 0 Å². The van der Waals surface area contributed by atoms with Crippen molar-refractivity contribution in [1.29, 1.82) is 0 Å². The van der Waals surface area contributed by atoms with E-state index in [0.29, 0.717) is 18.2 Å². The summed E-state index contributed by atoms with van der Waals surface area (Å²) in [6.45, 7) is 5.33. The van der Waals surface area contributed by atoms with Gasteiger partial charge in [0.25, 0.3) is 0 Å². The summed E-state index contributed by atoms with van der Waals surface area (Å²) in [5.41, 5.74) is 0. The van der Waals surface area contributed by atoms with Gasteiger partial charge in [-0.2, -0.15) is 0 Å². The highest BCUT2D eigenvalue weighted by Crippen LogP contribution is 2.38. The fraction of sp³-hybridized carbons (Fsp3) is 1.00. The van der Waals surface area contributed by atoms with Crippen LogP contribution in [-0.2, 0) is 9.47 Å². The fourth-order valence-electron chi connectivity index (χ4n) is 3.41. The van der Waals surface area contributed by atoms with E-state index >= 15 is 0 Å². The molecule has 3 nitrogen and oxygen atoms in total. The molecule has 3 aliphatic heterocycles. The van der Waals surface area contributed by atoms with Crippen LogP contribution in [-0.4, -0.2) is 38.0 Å². The van der Waals surface area contributed by atoms with E-state index in [2.05, 4.69) is 12.2 Å². The van der Waals surface area contributed by atoms with Gasteiger partial charge in [-0.3, -0.25) is 0 Å². The van der Waals surface area contributed by atoms with Gasteiger partial charge in [0.15, 0.2) is 0 Å². The van der Waals surface area contributed by atoms with Crippen LogP contribution in [0.4, 0.5) is 0 Å². The first kappa shape index (κ1) is 11.0. The molecule has 2 bridgehead atoms. The van der Waals surface area contributed by atoms with Crippen LogP contribution in [0.2, 0.25) is 0 Å². The third-order valence-electron chi connectivity index (χ3n) is 4.61. The zero-order chi connectivity index (χ0) is 11.0. The summed E-state index contributed by atoms with van der Waals surface area (Å²) in [6, 6.07) is 0.599. The summed E-state index contributed by atoms with van der Waals surface area (Å²) in [5.74, 6) is 1.49. The Labute approximate surface area is 97.9 Å². The second kappa shape index (κ2) is 4.63. The van der Waals surface area contributed by atoms with Crippen LogP contribution in [0.25, 0.3) is 0 Å². The molecule has 5 atom stereocenters. The van der Waals surface area contributed by atoms with Gasteiger partial charge in [0, 0.05) is 25.1 Å². The van der Waals surface area contributed by atoms with Crippen molar-refractivity contribution in [3.05, 3.63) is 0 Å². The van der Waals surface area contributed by atoms with E-state index < -0.39 is 0 Å². The minimum atomic E-state index is 0.560. The number of ether oxygens (including phenoxy) is 2. The smallest absolute Gasteiger partial charge is 0.0621 e. The molecule has 0 aromatic heterocycles. The summed E-state index contributed by atoms with van der Waals surface area (Å²) in [4.78, 5) is 0. The minimum absolute atomic E-state index is 0.560. The normalized spacial score (nSPS) is 44.1. The molecule has 3 rings (SSSR count). The van der Waals surface area contributed by atoms with Crippen LogP contribution >= 0.6 is 0 Å². The van der Waals surface area contributed by atoms with Crippen LogP contribution in [0.5, 0.6) is 0 Å². The zero-order valence-corrected chi connectivity index (χ0v) is 10.2. The highest BCUT2D eigenvalue weighted by atomic mass is 16.5. The van der Waals surface area contributed by atoms with Crippen molar-refractivity contribution in [3.63, 3.8) is 0 Å². The van der Waals surface area contributed by atoms with Crippen LogP contribution in [0.1, 0.15) is 32.6 Å². The van der Waals surface area contributed by atoms with E-state index in [1.165, 1.54) is 25.7 Å². The minimum Gasteiger partial charge on any atom is -0.381 e. The zero-order valence-electron chi connectivity index (χ0n) is 10.2. The SMILES string of the molecule is CC(NCC1CC2CCC1O2)C1CCOC1. The lowest BCUT2D eigenvalue weighted by Gasteiger charge is -2.24. The Morgan fingerprint density at radius 1 is 1.31 bits per heavy atom. The van der Waals surface area contributed by atoms with Gasteiger partial charge in [-0.1, -0.05) is 0 Å². The summed E-state index contributed by atoms with van der Waals surface area (Å²) in [5, 5.41) is 3.69. The molecule has 3 fully saturated rings. The maximum Gasteiger partial charge on any atom is 0.0621 e. The predicted molar refractivity (Wildman–Crippen MR) is 62.4 cm³/mol. The lowest BCUT2D eigenvalue weighted by atomic mass is 9.88. The predicted octanol–water partition coefficient (Wildman–Crippen LogP) is 1.57. The van der Waals surface area contributed by atoms with E-state index in [9.17, 15) is 0 Å². The van der Waals surface area contributed by atoms with E-state index in [1.54, 1.807) is 0 Å². The van der Waals surface area contributed by atoms with Gasteiger partial charge >= 0.3 is 0 Å². The largest absolute Gasteiger partial charge is 0.381 e. The quantitative estimate of drug-likeness (QED) is 0.788. The standard InChI is InChI=1S/C13H23NO2/c1-9(10-4-5-15-8-10)14-7-11-6-12-2-3-13(11)16-12/h9-14H,2-8H2,1H3. The van der Waals surface area contributed by atoms with Gasteiger partial charge in [0.2, 0.25) is 0 Å². The molecule has 3 heterocycles. The van der Waals surface area contributed by atoms with Gasteiger partial charge in [0.1, 0.15) is 0 Å². The third kappa shape index (κ3) is 2.13. The highest BCUT2D eigenvalue weighted by Gasteiger charge is 2.40. The number of rotatable bonds is 4. The highest BCUT2D eigenvalue weighted by molar-refractivity contribution is 4.91. The van der Waals surface area contributed by atoms with Crippen molar-refractivity contribution in [3.8, 4) is 0 Å². The van der Waals surface area contributed by atoms with Crippen molar-refractivity contribution in [1.82, 2.24) is 5.32 Å². The van der Waals surface area contributed by atoms with E-state index in [4.69, 9.17) is 9.47 Å². The fourth-order valence-corrected chi connectivity index (χ4v) is 3.41. The molecule has 0 aromatic carbocycles. The molecule has 0 amide bonds. The summed E-state index contributed by atoms with van der Waals surface area (Å²) < 4.78 is 11.3. The van der Waals surface area contributed by atoms with Gasteiger partial charge in [-0.05, 0) is 38.5 Å². The van der Waals surface area contributed by atoms with Crippen molar-refractivity contribution < 1.29 is 9.47 Å². The molecule has 3 saturated heterocycles. The van der Waals surface area contributed by atoms with Crippen molar-refractivity contribution in [2.75, 3.05) is 19.8 Å². The maximum absolute atomic E-state index is 5.88. The van der Waals surface area contributed by atoms with Gasteiger partial charge in [-0.25, -0.2) is 0 Å². The van der Waals surface area contributed by atoms with Crippen LogP contribution in [0.15, 0.2) is 0 Å². The first-order valence-corrected chi connectivity index (χ1v) is 6.79. The number of hydrogen-bond donors (Lipinski definition) is 1. The summed E-state index contributed by atoms with van der Waals surface area (Å²) in [7, 11) is 0. The molecular weight excluding hydrogens is 202 g/mol. The van der Waals surface area contributed by atoms with Crippen LogP contribution < -0.4 is 5.32 Å². The Morgan fingerprint density at radius 2 is 2.25 bits per heavy atom. The van der Waals surface area contributed by atoms with Crippen molar-refractivity contribution in [2.24, 2.45) is 11.8 Å². The molecule has 16 heavy (non-hydrogen) atoms. The molecule has 3 heteroatoms.